The third kappa shape index (κ3) is 4.10. The maximum atomic E-state index is 11.9. The van der Waals surface area contributed by atoms with Gasteiger partial charge in [-0.25, -0.2) is 0 Å². The molecule has 4 nitrogen and oxygen atoms in total. The molecule has 0 bridgehead atoms. The lowest BCUT2D eigenvalue weighted by Crippen LogP contribution is -2.50. The Balaban J connectivity index is 2.36. The summed E-state index contributed by atoms with van der Waals surface area (Å²) < 4.78 is 5.58. The number of morpholine rings is 1. The molecule has 94 valence electrons. The highest BCUT2D eigenvalue weighted by Gasteiger charge is 2.29. The van der Waals surface area contributed by atoms with Crippen molar-refractivity contribution in [3.05, 3.63) is 0 Å². The summed E-state index contributed by atoms with van der Waals surface area (Å²) in [7, 11) is 0. The third-order valence-electron chi connectivity index (χ3n) is 3.03. The van der Waals surface area contributed by atoms with Gasteiger partial charge in [0.2, 0.25) is 5.91 Å². The van der Waals surface area contributed by atoms with Crippen LogP contribution in [-0.4, -0.2) is 42.6 Å². The van der Waals surface area contributed by atoms with Gasteiger partial charge in [0.05, 0.1) is 12.2 Å². The van der Waals surface area contributed by atoms with Crippen LogP contribution in [0, 0.1) is 5.92 Å². The summed E-state index contributed by atoms with van der Waals surface area (Å²) >= 11 is 0. The molecular weight excluding hydrogens is 204 g/mol. The Morgan fingerprint density at radius 1 is 1.56 bits per heavy atom. The van der Waals surface area contributed by atoms with E-state index in [9.17, 15) is 4.79 Å². The van der Waals surface area contributed by atoms with E-state index in [1.807, 2.05) is 18.7 Å². The minimum Gasteiger partial charge on any atom is -0.372 e. The highest BCUT2D eigenvalue weighted by molar-refractivity contribution is 5.76. The summed E-state index contributed by atoms with van der Waals surface area (Å²) in [5.74, 6) is 0.662. The van der Waals surface area contributed by atoms with Crippen molar-refractivity contribution in [2.75, 3.05) is 26.2 Å². The predicted octanol–water partition coefficient (Wildman–Crippen LogP) is 0.999. The molecule has 1 saturated heterocycles. The average molecular weight is 228 g/mol. The molecule has 1 atom stereocenters. The molecule has 1 rings (SSSR count). The van der Waals surface area contributed by atoms with Gasteiger partial charge in [0, 0.05) is 19.5 Å². The van der Waals surface area contributed by atoms with Crippen molar-refractivity contribution in [1.29, 1.82) is 0 Å². The lowest BCUT2D eigenvalue weighted by molar-refractivity contribution is -0.146. The number of carbonyl (C=O) groups excluding carboxylic acids is 1. The fourth-order valence-electron chi connectivity index (χ4n) is 1.88. The first-order valence-corrected chi connectivity index (χ1v) is 6.06. The number of rotatable bonds is 4. The smallest absolute Gasteiger partial charge is 0.222 e. The van der Waals surface area contributed by atoms with Gasteiger partial charge in [0.25, 0.3) is 0 Å². The van der Waals surface area contributed by atoms with Crippen LogP contribution in [0.2, 0.25) is 0 Å². The van der Waals surface area contributed by atoms with Crippen molar-refractivity contribution in [3.8, 4) is 0 Å². The SMILES string of the molecule is CC(CN)CCC(=O)N1CCOC(C)(C)C1. The number of hydrogen-bond acceptors (Lipinski definition) is 3. The molecule has 0 aliphatic carbocycles. The Kier molecular flexibility index (Phi) is 4.74. The molecule has 1 amide bonds. The van der Waals surface area contributed by atoms with Gasteiger partial charge in [-0.2, -0.15) is 0 Å². The fraction of sp³-hybridized carbons (Fsp3) is 0.917. The maximum Gasteiger partial charge on any atom is 0.222 e. The Morgan fingerprint density at radius 3 is 2.81 bits per heavy atom. The highest BCUT2D eigenvalue weighted by Crippen LogP contribution is 2.17. The fourth-order valence-corrected chi connectivity index (χ4v) is 1.88. The van der Waals surface area contributed by atoms with Crippen molar-refractivity contribution >= 4 is 5.91 Å². The number of nitrogens with zero attached hydrogens (tertiary/aromatic N) is 1. The molecule has 1 fully saturated rings. The van der Waals surface area contributed by atoms with E-state index in [0.29, 0.717) is 32.0 Å². The van der Waals surface area contributed by atoms with Crippen molar-refractivity contribution in [3.63, 3.8) is 0 Å². The van der Waals surface area contributed by atoms with Crippen LogP contribution >= 0.6 is 0 Å². The van der Waals surface area contributed by atoms with Crippen LogP contribution < -0.4 is 5.73 Å². The van der Waals surface area contributed by atoms with Crippen LogP contribution in [0.25, 0.3) is 0 Å². The van der Waals surface area contributed by atoms with E-state index < -0.39 is 0 Å². The van der Waals surface area contributed by atoms with Gasteiger partial charge in [-0.05, 0) is 32.7 Å². The standard InChI is InChI=1S/C12H24N2O2/c1-10(8-13)4-5-11(15)14-6-7-16-12(2,3)9-14/h10H,4-9,13H2,1-3H3. The second-order valence-electron chi connectivity index (χ2n) is 5.30. The first kappa shape index (κ1) is 13.5. The topological polar surface area (TPSA) is 55.6 Å². The first-order chi connectivity index (χ1) is 7.44. The molecule has 0 radical (unpaired) electrons. The zero-order valence-electron chi connectivity index (χ0n) is 10.7. The predicted molar refractivity (Wildman–Crippen MR) is 64.1 cm³/mol. The van der Waals surface area contributed by atoms with Gasteiger partial charge in [0.1, 0.15) is 0 Å². The number of hydrogen-bond donors (Lipinski definition) is 1. The minimum atomic E-state index is -0.201. The molecule has 0 aromatic carbocycles. The van der Waals surface area contributed by atoms with Gasteiger partial charge in [-0.3, -0.25) is 4.79 Å². The molecule has 0 spiro atoms. The molecule has 0 aromatic rings. The van der Waals surface area contributed by atoms with E-state index in [0.717, 1.165) is 13.0 Å². The monoisotopic (exact) mass is 228 g/mol. The molecule has 1 aliphatic heterocycles. The van der Waals surface area contributed by atoms with Gasteiger partial charge in [-0.1, -0.05) is 6.92 Å². The summed E-state index contributed by atoms with van der Waals surface area (Å²) in [6, 6.07) is 0. The first-order valence-electron chi connectivity index (χ1n) is 6.06. The van der Waals surface area contributed by atoms with Crippen LogP contribution in [0.1, 0.15) is 33.6 Å². The Hall–Kier alpha value is -0.610. The lowest BCUT2D eigenvalue weighted by Gasteiger charge is -2.38. The second kappa shape index (κ2) is 5.64. The Bertz CT molecular complexity index is 241. The van der Waals surface area contributed by atoms with Crippen molar-refractivity contribution in [2.45, 2.75) is 39.2 Å². The number of carbonyl (C=O) groups is 1. The van der Waals surface area contributed by atoms with Crippen LogP contribution in [-0.2, 0) is 9.53 Å². The van der Waals surface area contributed by atoms with Crippen LogP contribution in [0.15, 0.2) is 0 Å². The van der Waals surface area contributed by atoms with Crippen molar-refractivity contribution in [1.82, 2.24) is 4.90 Å². The van der Waals surface area contributed by atoms with Gasteiger partial charge >= 0.3 is 0 Å². The van der Waals surface area contributed by atoms with Crippen LogP contribution in [0.5, 0.6) is 0 Å². The molecule has 4 heteroatoms. The highest BCUT2D eigenvalue weighted by atomic mass is 16.5. The zero-order valence-corrected chi connectivity index (χ0v) is 10.7. The van der Waals surface area contributed by atoms with E-state index in [1.165, 1.54) is 0 Å². The summed E-state index contributed by atoms with van der Waals surface area (Å²) in [5.41, 5.74) is 5.33. The third-order valence-corrected chi connectivity index (χ3v) is 3.03. The minimum absolute atomic E-state index is 0.201. The molecule has 1 aliphatic rings. The van der Waals surface area contributed by atoms with E-state index in [2.05, 4.69) is 6.92 Å². The summed E-state index contributed by atoms with van der Waals surface area (Å²) in [6.45, 7) is 8.84. The molecule has 1 heterocycles. The van der Waals surface area contributed by atoms with E-state index in [4.69, 9.17) is 10.5 Å². The number of amides is 1. The molecule has 2 N–H and O–H groups in total. The summed E-state index contributed by atoms with van der Waals surface area (Å²) in [5, 5.41) is 0. The molecule has 1 unspecified atom stereocenters. The van der Waals surface area contributed by atoms with Crippen molar-refractivity contribution in [2.24, 2.45) is 11.7 Å². The lowest BCUT2D eigenvalue weighted by atomic mass is 10.0. The zero-order chi connectivity index (χ0) is 12.2. The summed E-state index contributed by atoms with van der Waals surface area (Å²) in [4.78, 5) is 13.8. The van der Waals surface area contributed by atoms with E-state index in [-0.39, 0.29) is 11.5 Å². The second-order valence-corrected chi connectivity index (χ2v) is 5.30. The molecule has 0 saturated carbocycles. The van der Waals surface area contributed by atoms with Gasteiger partial charge in [0.15, 0.2) is 0 Å². The molecule has 0 aromatic heterocycles. The van der Waals surface area contributed by atoms with E-state index in [1.54, 1.807) is 0 Å². The summed E-state index contributed by atoms with van der Waals surface area (Å²) in [6.07, 6.45) is 1.49. The average Bonchev–Trinajstić information content (AvgIpc) is 2.23. The Labute approximate surface area is 98.1 Å². The van der Waals surface area contributed by atoms with E-state index >= 15 is 0 Å². The van der Waals surface area contributed by atoms with Crippen LogP contribution in [0.3, 0.4) is 0 Å². The largest absolute Gasteiger partial charge is 0.372 e. The quantitative estimate of drug-likeness (QED) is 0.781. The van der Waals surface area contributed by atoms with Gasteiger partial charge in [-0.15, -0.1) is 0 Å². The maximum absolute atomic E-state index is 11.9. The van der Waals surface area contributed by atoms with Gasteiger partial charge < -0.3 is 15.4 Å². The van der Waals surface area contributed by atoms with Crippen molar-refractivity contribution < 1.29 is 9.53 Å². The number of ether oxygens (including phenoxy) is 1. The molecular formula is C12H24N2O2. The van der Waals surface area contributed by atoms with Crippen LogP contribution in [0.4, 0.5) is 0 Å². The number of nitrogens with two attached hydrogens (primary N) is 1. The Morgan fingerprint density at radius 2 is 2.25 bits per heavy atom. The molecule has 16 heavy (non-hydrogen) atoms. The normalized spacial score (nSPS) is 21.9.